The Morgan fingerprint density at radius 1 is 1.15 bits per heavy atom. The van der Waals surface area contributed by atoms with Crippen molar-refractivity contribution in [2.24, 2.45) is 0 Å². The van der Waals surface area contributed by atoms with E-state index >= 15 is 0 Å². The van der Waals surface area contributed by atoms with Gasteiger partial charge < -0.3 is 18.9 Å². The number of ether oxygens (including phenoxy) is 4. The second kappa shape index (κ2) is 8.48. The van der Waals surface area contributed by atoms with E-state index in [1.807, 2.05) is 18.2 Å². The molecule has 6 nitrogen and oxygen atoms in total. The van der Waals surface area contributed by atoms with Gasteiger partial charge in [0, 0.05) is 43.9 Å². The van der Waals surface area contributed by atoms with Crippen LogP contribution in [0.5, 0.6) is 23.0 Å². The van der Waals surface area contributed by atoms with Gasteiger partial charge in [0.25, 0.3) is 0 Å². The quantitative estimate of drug-likeness (QED) is 0.805. The summed E-state index contributed by atoms with van der Waals surface area (Å²) in [7, 11) is 1.71. The molecular weight excluding hydrogens is 344 g/mol. The van der Waals surface area contributed by atoms with E-state index in [1.165, 1.54) is 0 Å². The molecule has 3 heterocycles. The minimum atomic E-state index is 0.246. The van der Waals surface area contributed by atoms with Gasteiger partial charge in [0.2, 0.25) is 0 Å². The van der Waals surface area contributed by atoms with Gasteiger partial charge in [0.1, 0.15) is 17.6 Å². The van der Waals surface area contributed by atoms with Gasteiger partial charge in [0.05, 0.1) is 26.5 Å². The number of likely N-dealkylation sites (tertiary alicyclic amines) is 1. The molecule has 6 heteroatoms. The molecular formula is C21H26N2O4. The minimum absolute atomic E-state index is 0.246. The number of aromatic nitrogens is 1. The zero-order valence-electron chi connectivity index (χ0n) is 15.7. The highest BCUT2D eigenvalue weighted by molar-refractivity contribution is 5.51. The smallest absolute Gasteiger partial charge is 0.164 e. The van der Waals surface area contributed by atoms with Crippen LogP contribution in [0.1, 0.15) is 24.8 Å². The summed E-state index contributed by atoms with van der Waals surface area (Å²) in [5, 5.41) is 0. The molecule has 1 aromatic heterocycles. The van der Waals surface area contributed by atoms with E-state index in [0.29, 0.717) is 13.2 Å². The van der Waals surface area contributed by atoms with E-state index in [4.69, 9.17) is 18.9 Å². The van der Waals surface area contributed by atoms with Crippen LogP contribution in [-0.2, 0) is 6.54 Å². The minimum Gasteiger partial charge on any atom is -0.496 e. The molecule has 0 unspecified atom stereocenters. The molecule has 0 saturated carbocycles. The van der Waals surface area contributed by atoms with Gasteiger partial charge in [-0.05, 0) is 31.0 Å². The largest absolute Gasteiger partial charge is 0.496 e. The van der Waals surface area contributed by atoms with E-state index < -0.39 is 0 Å². The van der Waals surface area contributed by atoms with Gasteiger partial charge in [-0.3, -0.25) is 9.88 Å². The molecule has 0 bridgehead atoms. The Labute approximate surface area is 160 Å². The van der Waals surface area contributed by atoms with Gasteiger partial charge in [-0.15, -0.1) is 0 Å². The van der Waals surface area contributed by atoms with Crippen molar-refractivity contribution < 1.29 is 18.9 Å². The number of rotatable bonds is 5. The predicted octanol–water partition coefficient (Wildman–Crippen LogP) is 3.29. The number of fused-ring (bicyclic) bond motifs is 1. The van der Waals surface area contributed by atoms with Crippen molar-refractivity contribution in [2.45, 2.75) is 31.9 Å². The summed E-state index contributed by atoms with van der Waals surface area (Å²) in [4.78, 5) is 6.55. The van der Waals surface area contributed by atoms with Crippen LogP contribution >= 0.6 is 0 Å². The molecule has 1 aromatic carbocycles. The molecule has 2 aliphatic rings. The average Bonchev–Trinajstić information content (AvgIpc) is 2.94. The van der Waals surface area contributed by atoms with Gasteiger partial charge in [0.15, 0.2) is 11.5 Å². The molecule has 27 heavy (non-hydrogen) atoms. The van der Waals surface area contributed by atoms with Crippen molar-refractivity contribution in [2.75, 3.05) is 33.4 Å². The summed E-state index contributed by atoms with van der Waals surface area (Å²) in [6, 6.07) is 7.88. The summed E-state index contributed by atoms with van der Waals surface area (Å²) in [5.74, 6) is 3.29. The van der Waals surface area contributed by atoms with Crippen molar-refractivity contribution in [1.82, 2.24) is 9.88 Å². The number of benzene rings is 1. The molecule has 0 aliphatic carbocycles. The molecule has 1 saturated heterocycles. The van der Waals surface area contributed by atoms with Gasteiger partial charge in [-0.2, -0.15) is 0 Å². The Morgan fingerprint density at radius 3 is 2.63 bits per heavy atom. The Kier molecular flexibility index (Phi) is 5.63. The average molecular weight is 370 g/mol. The predicted molar refractivity (Wildman–Crippen MR) is 102 cm³/mol. The van der Waals surface area contributed by atoms with Crippen LogP contribution in [0.25, 0.3) is 0 Å². The molecule has 0 spiro atoms. The summed E-state index contributed by atoms with van der Waals surface area (Å²) in [5.41, 5.74) is 1.13. The molecule has 0 atom stereocenters. The highest BCUT2D eigenvalue weighted by Gasteiger charge is 2.23. The lowest BCUT2D eigenvalue weighted by Gasteiger charge is -2.32. The fraction of sp³-hybridized carbons (Fsp3) is 0.476. The maximum Gasteiger partial charge on any atom is 0.164 e. The van der Waals surface area contributed by atoms with Crippen LogP contribution in [0.4, 0.5) is 0 Å². The first-order chi connectivity index (χ1) is 13.3. The first-order valence-corrected chi connectivity index (χ1v) is 9.57. The van der Waals surface area contributed by atoms with Gasteiger partial charge in [-0.1, -0.05) is 0 Å². The normalized spacial score (nSPS) is 18.0. The standard InChI is InChI=1S/C21H26N2O4/c1-24-19-13-21-20(25-10-3-11-26-21)12-16(19)15-23-8-5-17(6-9-23)27-18-4-2-7-22-14-18/h2,4,7,12-14,17H,3,5-6,8-11,15H2,1H3. The number of methoxy groups -OCH3 is 1. The Balaban J connectivity index is 1.38. The number of hydrogen-bond acceptors (Lipinski definition) is 6. The van der Waals surface area contributed by atoms with Crippen LogP contribution in [-0.4, -0.2) is 49.4 Å². The van der Waals surface area contributed by atoms with E-state index in [0.717, 1.165) is 67.5 Å². The highest BCUT2D eigenvalue weighted by atomic mass is 16.5. The lowest BCUT2D eigenvalue weighted by Crippen LogP contribution is -2.37. The number of hydrogen-bond donors (Lipinski definition) is 0. The summed E-state index contributed by atoms with van der Waals surface area (Å²) in [6.45, 7) is 4.18. The zero-order valence-corrected chi connectivity index (χ0v) is 15.7. The van der Waals surface area contributed by atoms with Crippen molar-refractivity contribution in [3.63, 3.8) is 0 Å². The van der Waals surface area contributed by atoms with Crippen molar-refractivity contribution >= 4 is 0 Å². The zero-order chi connectivity index (χ0) is 18.5. The Morgan fingerprint density at radius 2 is 1.93 bits per heavy atom. The first-order valence-electron chi connectivity index (χ1n) is 9.57. The molecule has 4 rings (SSSR count). The lowest BCUT2D eigenvalue weighted by atomic mass is 10.1. The maximum absolute atomic E-state index is 6.04. The Hall–Kier alpha value is -2.47. The monoisotopic (exact) mass is 370 g/mol. The van der Waals surface area contributed by atoms with Crippen molar-refractivity contribution in [3.8, 4) is 23.0 Å². The number of pyridine rings is 1. The van der Waals surface area contributed by atoms with E-state index in [-0.39, 0.29) is 6.10 Å². The topological polar surface area (TPSA) is 53.1 Å². The first kappa shape index (κ1) is 17.9. The third-order valence-corrected chi connectivity index (χ3v) is 5.02. The molecule has 0 N–H and O–H groups in total. The van der Waals surface area contributed by atoms with Crippen LogP contribution in [0.2, 0.25) is 0 Å². The van der Waals surface area contributed by atoms with Crippen LogP contribution in [0, 0.1) is 0 Å². The third kappa shape index (κ3) is 4.45. The van der Waals surface area contributed by atoms with Gasteiger partial charge in [-0.25, -0.2) is 0 Å². The summed E-state index contributed by atoms with van der Waals surface area (Å²) < 4.78 is 23.2. The molecule has 2 aromatic rings. The van der Waals surface area contributed by atoms with Crippen LogP contribution in [0.3, 0.4) is 0 Å². The molecule has 2 aliphatic heterocycles. The van der Waals surface area contributed by atoms with E-state index in [9.17, 15) is 0 Å². The SMILES string of the molecule is COc1cc2c(cc1CN1CCC(Oc3cccnc3)CC1)OCCCO2. The number of piperidine rings is 1. The third-order valence-electron chi connectivity index (χ3n) is 5.02. The van der Waals surface area contributed by atoms with E-state index in [1.54, 1.807) is 19.5 Å². The molecule has 0 amide bonds. The van der Waals surface area contributed by atoms with Crippen LogP contribution in [0.15, 0.2) is 36.7 Å². The maximum atomic E-state index is 6.04. The van der Waals surface area contributed by atoms with E-state index in [2.05, 4.69) is 16.0 Å². The number of nitrogens with zero attached hydrogens (tertiary/aromatic N) is 2. The van der Waals surface area contributed by atoms with Gasteiger partial charge >= 0.3 is 0 Å². The summed E-state index contributed by atoms with van der Waals surface area (Å²) in [6.07, 6.45) is 6.68. The molecule has 1 fully saturated rings. The second-order valence-electron chi connectivity index (χ2n) is 6.94. The molecule has 144 valence electrons. The fourth-order valence-corrected chi connectivity index (χ4v) is 3.58. The highest BCUT2D eigenvalue weighted by Crippen LogP contribution is 2.37. The lowest BCUT2D eigenvalue weighted by molar-refractivity contribution is 0.0960. The Bertz CT molecular complexity index is 745. The fourth-order valence-electron chi connectivity index (χ4n) is 3.58. The van der Waals surface area contributed by atoms with Crippen molar-refractivity contribution in [3.05, 3.63) is 42.2 Å². The molecule has 0 radical (unpaired) electrons. The van der Waals surface area contributed by atoms with Crippen molar-refractivity contribution in [1.29, 1.82) is 0 Å². The van der Waals surface area contributed by atoms with Crippen LogP contribution < -0.4 is 18.9 Å². The second-order valence-corrected chi connectivity index (χ2v) is 6.94. The summed E-state index contributed by atoms with van der Waals surface area (Å²) >= 11 is 0.